The fraction of sp³-hybridized carbons (Fsp3) is 0.333. The van der Waals surface area contributed by atoms with Crippen LogP contribution < -0.4 is 5.73 Å². The topological polar surface area (TPSA) is 64.9 Å². The monoisotopic (exact) mass is 209 g/mol. The van der Waals surface area contributed by atoms with Crippen LogP contribution in [-0.2, 0) is 6.42 Å². The van der Waals surface area contributed by atoms with E-state index in [0.717, 1.165) is 0 Å². The van der Waals surface area contributed by atoms with Crippen molar-refractivity contribution >= 4 is 11.3 Å². The van der Waals surface area contributed by atoms with Crippen molar-refractivity contribution in [3.8, 4) is 0 Å². The van der Waals surface area contributed by atoms with Crippen LogP contribution in [-0.4, -0.2) is 10.1 Å². The minimum Gasteiger partial charge on any atom is -0.338 e. The third kappa shape index (κ3) is 2.00. The van der Waals surface area contributed by atoms with E-state index < -0.39 is 0 Å². The Bertz CT molecular complexity index is 394. The van der Waals surface area contributed by atoms with Crippen LogP contribution >= 0.6 is 11.3 Å². The summed E-state index contributed by atoms with van der Waals surface area (Å²) in [5.41, 5.74) is 5.61. The molecule has 0 aromatic carbocycles. The molecule has 0 aliphatic heterocycles. The maximum atomic E-state index is 5.61. The van der Waals surface area contributed by atoms with E-state index >= 15 is 0 Å². The van der Waals surface area contributed by atoms with Crippen LogP contribution in [0.25, 0.3) is 0 Å². The van der Waals surface area contributed by atoms with E-state index in [2.05, 4.69) is 10.1 Å². The first kappa shape index (κ1) is 9.36. The Balaban J connectivity index is 2.11. The highest BCUT2D eigenvalue weighted by molar-refractivity contribution is 7.09. The number of thiophene rings is 1. The molecule has 0 saturated carbocycles. The third-order valence-electron chi connectivity index (χ3n) is 1.79. The van der Waals surface area contributed by atoms with Crippen molar-refractivity contribution in [3.05, 3.63) is 34.1 Å². The van der Waals surface area contributed by atoms with Crippen molar-refractivity contribution in [1.82, 2.24) is 10.1 Å². The third-order valence-corrected chi connectivity index (χ3v) is 2.66. The van der Waals surface area contributed by atoms with Crippen LogP contribution in [0.1, 0.15) is 29.6 Å². The first-order valence-electron chi connectivity index (χ1n) is 4.36. The van der Waals surface area contributed by atoms with Gasteiger partial charge in [-0.3, -0.25) is 0 Å². The van der Waals surface area contributed by atoms with Gasteiger partial charge in [0.05, 0.1) is 6.04 Å². The number of nitrogens with zero attached hydrogens (tertiary/aromatic N) is 2. The molecule has 0 aliphatic carbocycles. The van der Waals surface area contributed by atoms with Gasteiger partial charge in [-0.1, -0.05) is 11.2 Å². The SMILES string of the molecule is C[C@H](N)c1nc(Cc2cccs2)no1. The van der Waals surface area contributed by atoms with E-state index in [1.165, 1.54) is 4.88 Å². The largest absolute Gasteiger partial charge is 0.338 e. The van der Waals surface area contributed by atoms with E-state index in [1.54, 1.807) is 11.3 Å². The summed E-state index contributed by atoms with van der Waals surface area (Å²) < 4.78 is 4.99. The number of hydrogen-bond acceptors (Lipinski definition) is 5. The summed E-state index contributed by atoms with van der Waals surface area (Å²) in [4.78, 5) is 5.41. The van der Waals surface area contributed by atoms with Crippen molar-refractivity contribution in [2.75, 3.05) is 0 Å². The highest BCUT2D eigenvalue weighted by Gasteiger charge is 2.10. The predicted octanol–water partition coefficient (Wildman–Crippen LogP) is 1.74. The Morgan fingerprint density at radius 3 is 3.07 bits per heavy atom. The molecule has 5 heteroatoms. The van der Waals surface area contributed by atoms with E-state index in [-0.39, 0.29) is 6.04 Å². The van der Waals surface area contributed by atoms with Gasteiger partial charge in [-0.2, -0.15) is 4.98 Å². The summed E-state index contributed by atoms with van der Waals surface area (Å²) in [7, 11) is 0. The van der Waals surface area contributed by atoms with Crippen molar-refractivity contribution < 1.29 is 4.52 Å². The Morgan fingerprint density at radius 2 is 2.50 bits per heavy atom. The van der Waals surface area contributed by atoms with Crippen LogP contribution in [0.15, 0.2) is 22.0 Å². The number of nitrogens with two attached hydrogens (primary N) is 1. The van der Waals surface area contributed by atoms with Gasteiger partial charge in [0.1, 0.15) is 0 Å². The minimum atomic E-state index is -0.195. The number of rotatable bonds is 3. The maximum Gasteiger partial charge on any atom is 0.243 e. The molecule has 2 aromatic rings. The first-order chi connectivity index (χ1) is 6.75. The van der Waals surface area contributed by atoms with Gasteiger partial charge in [-0.05, 0) is 18.4 Å². The quantitative estimate of drug-likeness (QED) is 0.836. The smallest absolute Gasteiger partial charge is 0.243 e. The molecule has 0 aliphatic rings. The van der Waals surface area contributed by atoms with Crippen LogP contribution in [0.4, 0.5) is 0 Å². The lowest BCUT2D eigenvalue weighted by molar-refractivity contribution is 0.358. The van der Waals surface area contributed by atoms with E-state index in [0.29, 0.717) is 18.1 Å². The van der Waals surface area contributed by atoms with Gasteiger partial charge in [0.25, 0.3) is 0 Å². The molecule has 0 radical (unpaired) electrons. The lowest BCUT2D eigenvalue weighted by atomic mass is 10.3. The molecule has 0 bridgehead atoms. The molecule has 2 heterocycles. The van der Waals surface area contributed by atoms with Gasteiger partial charge < -0.3 is 10.3 Å². The van der Waals surface area contributed by atoms with Crippen molar-refractivity contribution in [2.24, 2.45) is 5.73 Å². The van der Waals surface area contributed by atoms with Crippen LogP contribution in [0.2, 0.25) is 0 Å². The van der Waals surface area contributed by atoms with Crippen molar-refractivity contribution in [3.63, 3.8) is 0 Å². The molecule has 2 aromatic heterocycles. The molecule has 4 nitrogen and oxygen atoms in total. The maximum absolute atomic E-state index is 5.61. The second-order valence-corrected chi connectivity index (χ2v) is 4.13. The van der Waals surface area contributed by atoms with Crippen molar-refractivity contribution in [2.45, 2.75) is 19.4 Å². The molecule has 0 fully saturated rings. The second-order valence-electron chi connectivity index (χ2n) is 3.09. The van der Waals surface area contributed by atoms with Crippen molar-refractivity contribution in [1.29, 1.82) is 0 Å². The summed E-state index contributed by atoms with van der Waals surface area (Å²) in [5, 5.41) is 5.88. The molecule has 0 amide bonds. The average molecular weight is 209 g/mol. The number of aromatic nitrogens is 2. The van der Waals surface area contributed by atoms with Crippen LogP contribution in [0, 0.1) is 0 Å². The molecule has 0 saturated heterocycles. The molecule has 2 rings (SSSR count). The lowest BCUT2D eigenvalue weighted by Crippen LogP contribution is -2.05. The Hall–Kier alpha value is -1.20. The summed E-state index contributed by atoms with van der Waals surface area (Å²) in [5.74, 6) is 1.19. The lowest BCUT2D eigenvalue weighted by Gasteiger charge is -1.92. The summed E-state index contributed by atoms with van der Waals surface area (Å²) in [6.45, 7) is 1.82. The molecular formula is C9H11N3OS. The van der Waals surface area contributed by atoms with E-state index in [9.17, 15) is 0 Å². The normalized spacial score (nSPS) is 13.0. The zero-order chi connectivity index (χ0) is 9.97. The molecule has 0 unspecified atom stereocenters. The highest BCUT2D eigenvalue weighted by Crippen LogP contribution is 2.14. The molecule has 1 atom stereocenters. The fourth-order valence-corrected chi connectivity index (χ4v) is 1.79. The molecular weight excluding hydrogens is 198 g/mol. The average Bonchev–Trinajstić information content (AvgIpc) is 2.75. The molecule has 14 heavy (non-hydrogen) atoms. The summed E-state index contributed by atoms with van der Waals surface area (Å²) in [6.07, 6.45) is 0.716. The van der Waals surface area contributed by atoms with E-state index in [4.69, 9.17) is 10.3 Å². The molecule has 0 spiro atoms. The Morgan fingerprint density at radius 1 is 1.64 bits per heavy atom. The van der Waals surface area contributed by atoms with Gasteiger partial charge in [0, 0.05) is 11.3 Å². The zero-order valence-electron chi connectivity index (χ0n) is 7.80. The summed E-state index contributed by atoms with van der Waals surface area (Å²) in [6, 6.07) is 3.86. The molecule has 74 valence electrons. The predicted molar refractivity (Wildman–Crippen MR) is 54.0 cm³/mol. The van der Waals surface area contributed by atoms with Gasteiger partial charge in [-0.25, -0.2) is 0 Å². The standard InChI is InChI=1S/C9H11N3OS/c1-6(10)9-11-8(12-13-9)5-7-3-2-4-14-7/h2-4,6H,5,10H2,1H3/t6-/m0/s1. The number of hydrogen-bond donors (Lipinski definition) is 1. The fourth-order valence-electron chi connectivity index (χ4n) is 1.09. The zero-order valence-corrected chi connectivity index (χ0v) is 8.62. The van der Waals surface area contributed by atoms with Crippen LogP contribution in [0.5, 0.6) is 0 Å². The second kappa shape index (κ2) is 3.89. The van der Waals surface area contributed by atoms with Gasteiger partial charge >= 0.3 is 0 Å². The Labute approximate surface area is 85.7 Å². The highest BCUT2D eigenvalue weighted by atomic mass is 32.1. The minimum absolute atomic E-state index is 0.195. The summed E-state index contributed by atoms with van der Waals surface area (Å²) >= 11 is 1.68. The van der Waals surface area contributed by atoms with Gasteiger partial charge in [-0.15, -0.1) is 11.3 Å². The van der Waals surface area contributed by atoms with Crippen LogP contribution in [0.3, 0.4) is 0 Å². The van der Waals surface area contributed by atoms with E-state index in [1.807, 2.05) is 24.4 Å². The van der Waals surface area contributed by atoms with Gasteiger partial charge in [0.2, 0.25) is 5.89 Å². The Kier molecular flexibility index (Phi) is 2.60. The molecule has 2 N–H and O–H groups in total. The van der Waals surface area contributed by atoms with Gasteiger partial charge in [0.15, 0.2) is 5.82 Å². The first-order valence-corrected chi connectivity index (χ1v) is 5.24.